The maximum absolute atomic E-state index is 12.9. The molecule has 158 valence electrons. The van der Waals surface area contributed by atoms with E-state index in [1.165, 1.54) is 4.90 Å². The fourth-order valence-electron chi connectivity index (χ4n) is 4.20. The van der Waals surface area contributed by atoms with Gasteiger partial charge in [-0.3, -0.25) is 19.3 Å². The molecule has 0 bridgehead atoms. The van der Waals surface area contributed by atoms with Crippen LogP contribution in [-0.2, 0) is 14.4 Å². The number of likely N-dealkylation sites (tertiary alicyclic amines) is 1. The molecule has 29 heavy (non-hydrogen) atoms. The number of thioether (sulfide) groups is 1. The highest BCUT2D eigenvalue weighted by Crippen LogP contribution is 2.39. The van der Waals surface area contributed by atoms with Crippen molar-refractivity contribution in [3.63, 3.8) is 0 Å². The molecule has 3 rings (SSSR count). The van der Waals surface area contributed by atoms with Gasteiger partial charge in [0.25, 0.3) is 0 Å². The van der Waals surface area contributed by atoms with E-state index in [2.05, 4.69) is 5.32 Å². The molecule has 2 aliphatic rings. The van der Waals surface area contributed by atoms with E-state index in [1.54, 1.807) is 11.8 Å². The minimum Gasteiger partial charge on any atom is -0.492 e. The average Bonchev–Trinajstić information content (AvgIpc) is 2.98. The Labute approximate surface area is 176 Å². The van der Waals surface area contributed by atoms with Crippen molar-refractivity contribution in [2.75, 3.05) is 25.2 Å². The molecule has 0 aromatic heterocycles. The minimum atomic E-state index is -0.729. The van der Waals surface area contributed by atoms with Crippen LogP contribution < -0.4 is 10.1 Å². The summed E-state index contributed by atoms with van der Waals surface area (Å²) in [4.78, 5) is 39.9. The van der Waals surface area contributed by atoms with Gasteiger partial charge >= 0.3 is 0 Å². The van der Waals surface area contributed by atoms with Crippen LogP contribution >= 0.6 is 11.8 Å². The SMILES string of the molecule is CSCCC(C(=O)NCCOc1ccc(C)cc1)N1C(=O)C2CCCCC2C1=O. The maximum Gasteiger partial charge on any atom is 0.243 e. The molecule has 1 aliphatic heterocycles. The molecule has 1 aliphatic carbocycles. The quantitative estimate of drug-likeness (QED) is 0.493. The predicted octanol–water partition coefficient (Wildman–Crippen LogP) is 2.79. The lowest BCUT2D eigenvalue weighted by molar-refractivity contribution is -0.148. The van der Waals surface area contributed by atoms with Crippen molar-refractivity contribution >= 4 is 29.5 Å². The van der Waals surface area contributed by atoms with Gasteiger partial charge in [-0.25, -0.2) is 0 Å². The molecule has 2 fully saturated rings. The van der Waals surface area contributed by atoms with Gasteiger partial charge in [0, 0.05) is 0 Å². The van der Waals surface area contributed by atoms with Gasteiger partial charge < -0.3 is 10.1 Å². The summed E-state index contributed by atoms with van der Waals surface area (Å²) in [5.41, 5.74) is 1.16. The number of benzene rings is 1. The van der Waals surface area contributed by atoms with Crippen LogP contribution in [0.3, 0.4) is 0 Å². The molecule has 1 N–H and O–H groups in total. The lowest BCUT2D eigenvalue weighted by atomic mass is 9.81. The predicted molar refractivity (Wildman–Crippen MR) is 114 cm³/mol. The van der Waals surface area contributed by atoms with Gasteiger partial charge in [0.05, 0.1) is 18.4 Å². The highest BCUT2D eigenvalue weighted by atomic mass is 32.2. The normalized spacial score (nSPS) is 22.3. The zero-order valence-electron chi connectivity index (χ0n) is 17.2. The molecule has 3 unspecified atom stereocenters. The first kappa shape index (κ1) is 21.7. The third-order valence-corrected chi connectivity index (χ3v) is 6.42. The fraction of sp³-hybridized carbons (Fsp3) is 0.591. The van der Waals surface area contributed by atoms with E-state index in [-0.39, 0.29) is 29.6 Å². The van der Waals surface area contributed by atoms with Crippen LogP contribution in [0.4, 0.5) is 0 Å². The Balaban J connectivity index is 1.58. The number of nitrogens with one attached hydrogen (secondary N) is 1. The molecule has 1 aromatic carbocycles. The summed E-state index contributed by atoms with van der Waals surface area (Å²) in [7, 11) is 0. The van der Waals surface area contributed by atoms with Crippen LogP contribution in [-0.4, -0.2) is 53.8 Å². The first-order chi connectivity index (χ1) is 14.0. The van der Waals surface area contributed by atoms with E-state index in [9.17, 15) is 14.4 Å². The van der Waals surface area contributed by atoms with Gasteiger partial charge in [-0.05, 0) is 50.3 Å². The van der Waals surface area contributed by atoms with Gasteiger partial charge in [0.1, 0.15) is 18.4 Å². The Morgan fingerprint density at radius 2 is 1.79 bits per heavy atom. The van der Waals surface area contributed by atoms with E-state index in [0.29, 0.717) is 25.3 Å². The summed E-state index contributed by atoms with van der Waals surface area (Å²) in [5, 5.41) is 2.85. The second-order valence-corrected chi connectivity index (χ2v) is 8.78. The van der Waals surface area contributed by atoms with Crippen LogP contribution in [0.2, 0.25) is 0 Å². The molecule has 6 nitrogen and oxygen atoms in total. The Hall–Kier alpha value is -2.02. The van der Waals surface area contributed by atoms with E-state index in [1.807, 2.05) is 37.4 Å². The number of aryl methyl sites for hydroxylation is 1. The summed E-state index contributed by atoms with van der Waals surface area (Å²) in [5.74, 6) is 0.416. The molecule has 0 radical (unpaired) electrons. The number of hydrogen-bond donors (Lipinski definition) is 1. The van der Waals surface area contributed by atoms with E-state index in [0.717, 1.165) is 37.0 Å². The molecule has 1 heterocycles. The molecule has 7 heteroatoms. The first-order valence-corrected chi connectivity index (χ1v) is 11.8. The number of imide groups is 1. The lowest BCUT2D eigenvalue weighted by Crippen LogP contribution is -2.51. The van der Waals surface area contributed by atoms with Crippen molar-refractivity contribution in [1.29, 1.82) is 0 Å². The van der Waals surface area contributed by atoms with Crippen molar-refractivity contribution in [3.8, 4) is 5.75 Å². The molecule has 1 saturated heterocycles. The highest BCUT2D eigenvalue weighted by molar-refractivity contribution is 7.98. The Morgan fingerprint density at radius 1 is 1.17 bits per heavy atom. The highest BCUT2D eigenvalue weighted by Gasteiger charge is 2.51. The van der Waals surface area contributed by atoms with Crippen LogP contribution in [0.15, 0.2) is 24.3 Å². The number of carbonyl (C=O) groups is 3. The Kier molecular flexibility index (Phi) is 7.58. The summed E-state index contributed by atoms with van der Waals surface area (Å²) >= 11 is 1.61. The number of carbonyl (C=O) groups excluding carboxylic acids is 3. The second-order valence-electron chi connectivity index (χ2n) is 7.79. The molecule has 3 amide bonds. The number of hydrogen-bond acceptors (Lipinski definition) is 5. The average molecular weight is 419 g/mol. The van der Waals surface area contributed by atoms with Gasteiger partial charge in [-0.15, -0.1) is 0 Å². The molecular weight excluding hydrogens is 388 g/mol. The molecule has 1 saturated carbocycles. The van der Waals surface area contributed by atoms with Crippen molar-refractivity contribution in [1.82, 2.24) is 10.2 Å². The van der Waals surface area contributed by atoms with Crippen molar-refractivity contribution in [3.05, 3.63) is 29.8 Å². The Morgan fingerprint density at radius 3 is 2.38 bits per heavy atom. The van der Waals surface area contributed by atoms with Crippen LogP contribution in [0, 0.1) is 18.8 Å². The third kappa shape index (κ3) is 5.13. The van der Waals surface area contributed by atoms with Crippen LogP contribution in [0.1, 0.15) is 37.7 Å². The molecule has 1 aromatic rings. The molecular formula is C22H30N2O4S. The van der Waals surface area contributed by atoms with E-state index >= 15 is 0 Å². The number of amides is 3. The fourth-order valence-corrected chi connectivity index (χ4v) is 4.66. The topological polar surface area (TPSA) is 75.7 Å². The van der Waals surface area contributed by atoms with Crippen LogP contribution in [0.25, 0.3) is 0 Å². The number of ether oxygens (including phenoxy) is 1. The van der Waals surface area contributed by atoms with Crippen molar-refractivity contribution in [2.45, 2.75) is 45.1 Å². The van der Waals surface area contributed by atoms with E-state index in [4.69, 9.17) is 4.74 Å². The minimum absolute atomic E-state index is 0.156. The summed E-state index contributed by atoms with van der Waals surface area (Å²) < 4.78 is 5.65. The van der Waals surface area contributed by atoms with E-state index < -0.39 is 6.04 Å². The zero-order valence-corrected chi connectivity index (χ0v) is 18.0. The molecule has 3 atom stereocenters. The number of nitrogens with zero attached hydrogens (tertiary/aromatic N) is 1. The standard InChI is InChI=1S/C22H30N2O4S/c1-15-7-9-16(10-8-15)28-13-12-23-20(25)19(11-14-29-2)24-21(26)17-5-3-4-6-18(17)22(24)27/h7-10,17-19H,3-6,11-14H2,1-2H3,(H,23,25). The maximum atomic E-state index is 12.9. The number of fused-ring (bicyclic) bond motifs is 1. The summed E-state index contributed by atoms with van der Waals surface area (Å²) in [6, 6.07) is 6.99. The number of rotatable bonds is 9. The smallest absolute Gasteiger partial charge is 0.243 e. The lowest BCUT2D eigenvalue weighted by Gasteiger charge is -2.25. The first-order valence-electron chi connectivity index (χ1n) is 10.4. The van der Waals surface area contributed by atoms with Crippen molar-refractivity contribution < 1.29 is 19.1 Å². The van der Waals surface area contributed by atoms with Crippen molar-refractivity contribution in [2.24, 2.45) is 11.8 Å². The van der Waals surface area contributed by atoms with Gasteiger partial charge in [0.2, 0.25) is 17.7 Å². The Bertz CT molecular complexity index is 713. The molecule has 0 spiro atoms. The third-order valence-electron chi connectivity index (χ3n) is 5.78. The van der Waals surface area contributed by atoms with Gasteiger partial charge in [-0.2, -0.15) is 11.8 Å². The van der Waals surface area contributed by atoms with Crippen LogP contribution in [0.5, 0.6) is 5.75 Å². The summed E-state index contributed by atoms with van der Waals surface area (Å²) in [6.07, 6.45) is 5.90. The van der Waals surface area contributed by atoms with Gasteiger partial charge in [0.15, 0.2) is 0 Å². The zero-order chi connectivity index (χ0) is 20.8. The monoisotopic (exact) mass is 418 g/mol. The summed E-state index contributed by atoms with van der Waals surface area (Å²) in [6.45, 7) is 2.67. The second kappa shape index (κ2) is 10.1. The largest absolute Gasteiger partial charge is 0.492 e. The van der Waals surface area contributed by atoms with Gasteiger partial charge in [-0.1, -0.05) is 30.5 Å².